The molecule has 1 aliphatic heterocycles. The topological polar surface area (TPSA) is 83.0 Å². The first-order valence-corrected chi connectivity index (χ1v) is 11.7. The molecule has 8 heteroatoms. The summed E-state index contributed by atoms with van der Waals surface area (Å²) in [7, 11) is 0. The second-order valence-electron chi connectivity index (χ2n) is 8.34. The SMILES string of the molecule is O=C(NCC(c1cccnc1)N1CCCC1)c1cc(Nc2nccc3ccc(Cl)cc23)ccn1. The Balaban J connectivity index is 1.31. The van der Waals surface area contributed by atoms with Gasteiger partial charge in [-0.25, -0.2) is 4.98 Å². The number of benzene rings is 1. The Morgan fingerprint density at radius 3 is 2.71 bits per heavy atom. The lowest BCUT2D eigenvalue weighted by molar-refractivity contribution is 0.0933. The normalized spacial score (nSPS) is 14.7. The Morgan fingerprint density at radius 1 is 1.03 bits per heavy atom. The summed E-state index contributed by atoms with van der Waals surface area (Å²) in [6.07, 6.45) is 9.35. The molecule has 1 amide bonds. The number of likely N-dealkylation sites (tertiary alicyclic amines) is 1. The minimum Gasteiger partial charge on any atom is -0.349 e. The number of hydrogen-bond donors (Lipinski definition) is 2. The minimum atomic E-state index is -0.217. The van der Waals surface area contributed by atoms with Gasteiger partial charge in [-0.1, -0.05) is 23.7 Å². The van der Waals surface area contributed by atoms with Crippen LogP contribution in [0.2, 0.25) is 5.02 Å². The molecule has 1 saturated heterocycles. The second kappa shape index (κ2) is 10.2. The summed E-state index contributed by atoms with van der Waals surface area (Å²) in [5.74, 6) is 0.453. The number of nitrogens with zero attached hydrogens (tertiary/aromatic N) is 4. The van der Waals surface area contributed by atoms with E-state index in [0.29, 0.717) is 23.1 Å². The van der Waals surface area contributed by atoms with Gasteiger partial charge in [-0.3, -0.25) is 19.7 Å². The molecule has 7 nitrogen and oxygen atoms in total. The van der Waals surface area contributed by atoms with Crippen molar-refractivity contribution in [1.82, 2.24) is 25.2 Å². The fourth-order valence-corrected chi connectivity index (χ4v) is 4.55. The van der Waals surface area contributed by atoms with Crippen molar-refractivity contribution in [2.24, 2.45) is 0 Å². The van der Waals surface area contributed by atoms with Gasteiger partial charge in [-0.05, 0) is 73.3 Å². The number of halogens is 1. The Kier molecular flexibility index (Phi) is 6.65. The molecule has 34 heavy (non-hydrogen) atoms. The molecule has 0 spiro atoms. The predicted octanol–water partition coefficient (Wildman–Crippen LogP) is 4.99. The first kappa shape index (κ1) is 22.3. The summed E-state index contributed by atoms with van der Waals surface area (Å²) in [6.45, 7) is 2.54. The molecule has 4 aromatic rings. The van der Waals surface area contributed by atoms with Gasteiger partial charge in [0.25, 0.3) is 5.91 Å². The van der Waals surface area contributed by atoms with Crippen LogP contribution in [0.4, 0.5) is 11.5 Å². The minimum absolute atomic E-state index is 0.0890. The zero-order chi connectivity index (χ0) is 23.3. The van der Waals surface area contributed by atoms with Gasteiger partial charge in [0, 0.05) is 47.4 Å². The van der Waals surface area contributed by atoms with Crippen LogP contribution in [0.1, 0.15) is 34.9 Å². The Bertz CT molecular complexity index is 1290. The van der Waals surface area contributed by atoms with Crippen LogP contribution in [0.25, 0.3) is 10.8 Å². The van der Waals surface area contributed by atoms with Crippen molar-refractivity contribution in [3.63, 3.8) is 0 Å². The lowest BCUT2D eigenvalue weighted by Gasteiger charge is -2.27. The van der Waals surface area contributed by atoms with Crippen molar-refractivity contribution < 1.29 is 4.79 Å². The number of carbonyl (C=O) groups is 1. The van der Waals surface area contributed by atoms with Crippen LogP contribution < -0.4 is 10.6 Å². The number of hydrogen-bond acceptors (Lipinski definition) is 6. The predicted molar refractivity (Wildman–Crippen MR) is 134 cm³/mol. The van der Waals surface area contributed by atoms with E-state index in [2.05, 4.69) is 36.6 Å². The zero-order valence-corrected chi connectivity index (χ0v) is 19.4. The standard InChI is InChI=1S/C26H25ClN6O/c27-20-6-5-18-7-10-30-25(22(18)14-20)32-21-8-11-29-23(15-21)26(34)31-17-24(33-12-1-2-13-33)19-4-3-9-28-16-19/h3-11,14-16,24H,1-2,12-13,17H2,(H,31,34)(H,29,30,32). The van der Waals surface area contributed by atoms with Gasteiger partial charge in [-0.15, -0.1) is 0 Å². The van der Waals surface area contributed by atoms with Crippen LogP contribution in [-0.2, 0) is 0 Å². The monoisotopic (exact) mass is 472 g/mol. The summed E-state index contributed by atoms with van der Waals surface area (Å²) in [4.78, 5) is 28.4. The fourth-order valence-electron chi connectivity index (χ4n) is 4.37. The lowest BCUT2D eigenvalue weighted by Crippen LogP contribution is -2.37. The third-order valence-corrected chi connectivity index (χ3v) is 6.33. The molecule has 2 N–H and O–H groups in total. The van der Waals surface area contributed by atoms with Crippen LogP contribution in [0.3, 0.4) is 0 Å². The highest BCUT2D eigenvalue weighted by molar-refractivity contribution is 6.31. The molecule has 1 unspecified atom stereocenters. The molecule has 3 aromatic heterocycles. The van der Waals surface area contributed by atoms with Gasteiger partial charge in [0.2, 0.25) is 0 Å². The Morgan fingerprint density at radius 2 is 1.88 bits per heavy atom. The molecule has 5 rings (SSSR count). The van der Waals surface area contributed by atoms with E-state index in [9.17, 15) is 4.79 Å². The number of nitrogens with one attached hydrogen (secondary N) is 2. The van der Waals surface area contributed by atoms with E-state index in [4.69, 9.17) is 11.6 Å². The van der Waals surface area contributed by atoms with Crippen LogP contribution >= 0.6 is 11.6 Å². The fraction of sp³-hybridized carbons (Fsp3) is 0.231. The largest absolute Gasteiger partial charge is 0.349 e. The molecule has 1 atom stereocenters. The van der Waals surface area contributed by atoms with Gasteiger partial charge in [0.1, 0.15) is 11.5 Å². The molecule has 4 heterocycles. The molecule has 1 fully saturated rings. The summed E-state index contributed by atoms with van der Waals surface area (Å²) >= 11 is 6.19. The number of aromatic nitrogens is 3. The summed E-state index contributed by atoms with van der Waals surface area (Å²) < 4.78 is 0. The van der Waals surface area contributed by atoms with Gasteiger partial charge in [0.05, 0.1) is 6.04 Å². The summed E-state index contributed by atoms with van der Waals surface area (Å²) in [6, 6.07) is 15.2. The van der Waals surface area contributed by atoms with Gasteiger partial charge >= 0.3 is 0 Å². The van der Waals surface area contributed by atoms with Crippen LogP contribution in [-0.4, -0.2) is 45.4 Å². The maximum Gasteiger partial charge on any atom is 0.270 e. The number of amides is 1. The van der Waals surface area contributed by atoms with E-state index < -0.39 is 0 Å². The number of fused-ring (bicyclic) bond motifs is 1. The first-order chi connectivity index (χ1) is 16.7. The maximum atomic E-state index is 13.0. The highest BCUT2D eigenvalue weighted by Gasteiger charge is 2.24. The Hall–Kier alpha value is -3.55. The van der Waals surface area contributed by atoms with Crippen molar-refractivity contribution in [1.29, 1.82) is 0 Å². The van der Waals surface area contributed by atoms with Crippen molar-refractivity contribution >= 4 is 39.8 Å². The van der Waals surface area contributed by atoms with E-state index in [1.165, 1.54) is 12.8 Å². The average molecular weight is 473 g/mol. The number of rotatable bonds is 7. The molecule has 0 bridgehead atoms. The van der Waals surface area contributed by atoms with Gasteiger partial charge < -0.3 is 10.6 Å². The maximum absolute atomic E-state index is 13.0. The Labute approximate surface area is 203 Å². The van der Waals surface area contributed by atoms with Crippen LogP contribution in [0.15, 0.2) is 73.3 Å². The molecule has 1 aliphatic rings. The number of anilines is 2. The van der Waals surface area contributed by atoms with Gasteiger partial charge in [0.15, 0.2) is 0 Å². The van der Waals surface area contributed by atoms with E-state index >= 15 is 0 Å². The first-order valence-electron chi connectivity index (χ1n) is 11.4. The number of carbonyl (C=O) groups excluding carboxylic acids is 1. The molecule has 0 radical (unpaired) electrons. The third-order valence-electron chi connectivity index (χ3n) is 6.09. The molecular formula is C26H25ClN6O. The highest BCUT2D eigenvalue weighted by atomic mass is 35.5. The molecule has 0 saturated carbocycles. The van der Waals surface area contributed by atoms with Gasteiger partial charge in [-0.2, -0.15) is 0 Å². The zero-order valence-electron chi connectivity index (χ0n) is 18.6. The van der Waals surface area contributed by atoms with E-state index in [0.717, 1.165) is 35.1 Å². The molecule has 1 aromatic carbocycles. The summed E-state index contributed by atoms with van der Waals surface area (Å²) in [5, 5.41) is 8.94. The van der Waals surface area contributed by atoms with Crippen molar-refractivity contribution in [3.05, 3.63) is 89.6 Å². The van der Waals surface area contributed by atoms with Crippen LogP contribution in [0.5, 0.6) is 0 Å². The highest BCUT2D eigenvalue weighted by Crippen LogP contribution is 2.27. The van der Waals surface area contributed by atoms with Crippen molar-refractivity contribution in [2.45, 2.75) is 18.9 Å². The number of pyridine rings is 3. The lowest BCUT2D eigenvalue weighted by atomic mass is 10.1. The smallest absolute Gasteiger partial charge is 0.270 e. The third kappa shape index (κ3) is 5.00. The second-order valence-corrected chi connectivity index (χ2v) is 8.77. The van der Waals surface area contributed by atoms with E-state index in [-0.39, 0.29) is 11.9 Å². The van der Waals surface area contributed by atoms with Crippen molar-refractivity contribution in [2.75, 3.05) is 25.0 Å². The molecular weight excluding hydrogens is 448 g/mol. The van der Waals surface area contributed by atoms with Crippen molar-refractivity contribution in [3.8, 4) is 0 Å². The van der Waals surface area contributed by atoms with E-state index in [1.54, 1.807) is 24.7 Å². The summed E-state index contributed by atoms with van der Waals surface area (Å²) in [5.41, 5.74) is 2.17. The molecule has 172 valence electrons. The van der Waals surface area contributed by atoms with E-state index in [1.807, 2.05) is 42.6 Å². The average Bonchev–Trinajstić information content (AvgIpc) is 3.40. The quantitative estimate of drug-likeness (QED) is 0.394. The van der Waals surface area contributed by atoms with Crippen LogP contribution in [0, 0.1) is 0 Å². The molecule has 0 aliphatic carbocycles.